The maximum Gasteiger partial charge on any atom is 0.272 e. The van der Waals surface area contributed by atoms with Crippen LogP contribution in [0.15, 0.2) is 68.6 Å². The van der Waals surface area contributed by atoms with E-state index >= 15 is 0 Å². The zero-order valence-corrected chi connectivity index (χ0v) is 21.6. The monoisotopic (exact) mass is 598 g/mol. The van der Waals surface area contributed by atoms with E-state index in [1.54, 1.807) is 42.5 Å². The highest BCUT2D eigenvalue weighted by molar-refractivity contribution is 9.10. The van der Waals surface area contributed by atoms with Crippen LogP contribution in [0, 0.1) is 0 Å². The molecular formula is C23H18Br2Cl2N2O3. The summed E-state index contributed by atoms with van der Waals surface area (Å²) in [6.07, 6.45) is 1.53. The predicted octanol–water partition coefficient (Wildman–Crippen LogP) is 7.26. The van der Waals surface area contributed by atoms with Gasteiger partial charge in [0.15, 0.2) is 11.5 Å². The Bertz CT molecular complexity index is 1160. The molecule has 9 heteroatoms. The van der Waals surface area contributed by atoms with Crippen molar-refractivity contribution in [2.45, 2.75) is 13.5 Å². The molecule has 0 bridgehead atoms. The van der Waals surface area contributed by atoms with Crippen LogP contribution in [-0.2, 0) is 6.61 Å². The summed E-state index contributed by atoms with van der Waals surface area (Å²) >= 11 is 19.1. The summed E-state index contributed by atoms with van der Waals surface area (Å²) < 4.78 is 13.1. The third-order valence-electron chi connectivity index (χ3n) is 4.25. The summed E-state index contributed by atoms with van der Waals surface area (Å²) in [4.78, 5) is 12.3. The van der Waals surface area contributed by atoms with Crippen molar-refractivity contribution < 1.29 is 14.3 Å². The molecule has 0 saturated heterocycles. The lowest BCUT2D eigenvalue weighted by Crippen LogP contribution is -2.18. The summed E-state index contributed by atoms with van der Waals surface area (Å²) in [5, 5.41) is 5.15. The number of carbonyl (C=O) groups excluding carboxylic acids is 1. The Balaban J connectivity index is 1.75. The fourth-order valence-corrected chi connectivity index (χ4v) is 4.04. The van der Waals surface area contributed by atoms with Crippen LogP contribution in [-0.4, -0.2) is 18.7 Å². The zero-order valence-electron chi connectivity index (χ0n) is 16.9. The van der Waals surface area contributed by atoms with E-state index in [9.17, 15) is 4.79 Å². The van der Waals surface area contributed by atoms with Crippen molar-refractivity contribution in [1.82, 2.24) is 5.43 Å². The van der Waals surface area contributed by atoms with E-state index in [2.05, 4.69) is 42.4 Å². The minimum atomic E-state index is -0.324. The van der Waals surface area contributed by atoms with Crippen LogP contribution in [0.4, 0.5) is 0 Å². The third-order valence-corrected chi connectivity index (χ3v) is 6.21. The lowest BCUT2D eigenvalue weighted by atomic mass is 10.2. The number of hydrazone groups is 1. The molecule has 3 aromatic carbocycles. The van der Waals surface area contributed by atoms with Gasteiger partial charge in [-0.15, -0.1) is 0 Å². The van der Waals surface area contributed by atoms with Gasteiger partial charge in [-0.2, -0.15) is 5.10 Å². The third kappa shape index (κ3) is 6.48. The molecule has 0 aliphatic rings. The van der Waals surface area contributed by atoms with E-state index in [1.165, 1.54) is 6.21 Å². The van der Waals surface area contributed by atoms with Crippen molar-refractivity contribution in [2.24, 2.45) is 5.10 Å². The van der Waals surface area contributed by atoms with Crippen LogP contribution in [0.1, 0.15) is 28.4 Å². The molecule has 0 aromatic heterocycles. The van der Waals surface area contributed by atoms with Gasteiger partial charge < -0.3 is 9.47 Å². The molecule has 32 heavy (non-hydrogen) atoms. The van der Waals surface area contributed by atoms with Crippen molar-refractivity contribution in [2.75, 3.05) is 6.61 Å². The first-order chi connectivity index (χ1) is 15.4. The molecular weight excluding hydrogens is 583 g/mol. The van der Waals surface area contributed by atoms with Crippen molar-refractivity contribution in [1.29, 1.82) is 0 Å². The second-order valence-corrected chi connectivity index (χ2v) is 9.01. The number of ether oxygens (including phenoxy) is 2. The summed E-state index contributed by atoms with van der Waals surface area (Å²) in [6, 6.07) is 15.9. The number of rotatable bonds is 8. The van der Waals surface area contributed by atoms with E-state index in [0.29, 0.717) is 43.8 Å². The summed E-state index contributed by atoms with van der Waals surface area (Å²) in [5.41, 5.74) is 4.52. The van der Waals surface area contributed by atoms with Crippen LogP contribution in [0.3, 0.4) is 0 Å². The van der Waals surface area contributed by atoms with E-state index in [0.717, 1.165) is 10.0 Å². The first-order valence-electron chi connectivity index (χ1n) is 9.50. The highest BCUT2D eigenvalue weighted by Crippen LogP contribution is 2.34. The van der Waals surface area contributed by atoms with Gasteiger partial charge in [-0.05, 0) is 75.2 Å². The topological polar surface area (TPSA) is 59.9 Å². The Hall–Kier alpha value is -2.06. The molecule has 0 radical (unpaired) electrons. The van der Waals surface area contributed by atoms with Crippen molar-refractivity contribution >= 4 is 67.2 Å². The summed E-state index contributed by atoms with van der Waals surface area (Å²) in [5.74, 6) is 0.758. The van der Waals surface area contributed by atoms with Gasteiger partial charge >= 0.3 is 0 Å². The molecule has 1 amide bonds. The Morgan fingerprint density at radius 3 is 2.50 bits per heavy atom. The normalized spacial score (nSPS) is 10.9. The van der Waals surface area contributed by atoms with Gasteiger partial charge in [0.1, 0.15) is 6.61 Å². The summed E-state index contributed by atoms with van der Waals surface area (Å²) in [6.45, 7) is 2.58. The van der Waals surface area contributed by atoms with Crippen LogP contribution in [0.5, 0.6) is 11.5 Å². The standard InChI is InChI=1S/C23H18Br2Cl2N2O3/c1-2-31-21-9-15(12-28-29-23(30)17-5-3-4-6-18(17)24)19(25)11-22(21)32-13-14-7-8-16(26)10-20(14)27/h3-12H,2,13H2,1H3,(H,29,30)/b28-12-. The molecule has 1 N–H and O–H groups in total. The maximum atomic E-state index is 12.3. The largest absolute Gasteiger partial charge is 0.490 e. The van der Waals surface area contributed by atoms with Gasteiger partial charge in [0.2, 0.25) is 0 Å². The molecule has 3 aromatic rings. The summed E-state index contributed by atoms with van der Waals surface area (Å²) in [7, 11) is 0. The number of carbonyl (C=O) groups is 1. The van der Waals surface area contributed by atoms with Crippen molar-refractivity contribution in [3.8, 4) is 11.5 Å². The molecule has 0 aliphatic heterocycles. The number of amides is 1. The van der Waals surface area contributed by atoms with Crippen LogP contribution in [0.2, 0.25) is 10.0 Å². The Kier molecular flexibility index (Phi) is 8.99. The zero-order chi connectivity index (χ0) is 23.1. The van der Waals surface area contributed by atoms with Gasteiger partial charge in [0.25, 0.3) is 5.91 Å². The average Bonchev–Trinajstić information content (AvgIpc) is 2.76. The van der Waals surface area contributed by atoms with E-state index < -0.39 is 0 Å². The molecule has 0 unspecified atom stereocenters. The maximum absolute atomic E-state index is 12.3. The molecule has 0 atom stereocenters. The molecule has 0 aliphatic carbocycles. The fourth-order valence-electron chi connectivity index (χ4n) is 2.69. The predicted molar refractivity (Wildman–Crippen MR) is 135 cm³/mol. The van der Waals surface area contributed by atoms with Crippen LogP contribution < -0.4 is 14.9 Å². The Morgan fingerprint density at radius 1 is 1.03 bits per heavy atom. The Labute approximate surface area is 213 Å². The first-order valence-corrected chi connectivity index (χ1v) is 11.8. The molecule has 0 fully saturated rings. The number of nitrogens with one attached hydrogen (secondary N) is 1. The number of hydrogen-bond donors (Lipinski definition) is 1. The van der Waals surface area contributed by atoms with Gasteiger partial charge in [-0.25, -0.2) is 5.43 Å². The molecule has 0 saturated carbocycles. The molecule has 5 nitrogen and oxygen atoms in total. The number of nitrogens with zero attached hydrogens (tertiary/aromatic N) is 1. The van der Waals surface area contributed by atoms with Crippen molar-refractivity contribution in [3.63, 3.8) is 0 Å². The van der Waals surface area contributed by atoms with Gasteiger partial charge in [-0.1, -0.05) is 41.4 Å². The van der Waals surface area contributed by atoms with Crippen LogP contribution >= 0.6 is 55.1 Å². The number of halogens is 4. The van der Waals surface area contributed by atoms with E-state index in [-0.39, 0.29) is 12.5 Å². The SMILES string of the molecule is CCOc1cc(/C=N\NC(=O)c2ccccc2Br)c(Br)cc1OCc1ccc(Cl)cc1Cl. The average molecular weight is 601 g/mol. The highest BCUT2D eigenvalue weighted by atomic mass is 79.9. The van der Waals surface area contributed by atoms with Gasteiger partial charge in [0, 0.05) is 30.1 Å². The molecule has 3 rings (SSSR count). The minimum absolute atomic E-state index is 0.248. The van der Waals surface area contributed by atoms with Gasteiger partial charge in [0.05, 0.1) is 18.4 Å². The minimum Gasteiger partial charge on any atom is -0.490 e. The first kappa shape index (κ1) is 24.6. The van der Waals surface area contributed by atoms with E-state index in [4.69, 9.17) is 32.7 Å². The van der Waals surface area contributed by atoms with Gasteiger partial charge in [-0.3, -0.25) is 4.79 Å². The highest BCUT2D eigenvalue weighted by Gasteiger charge is 2.12. The lowest BCUT2D eigenvalue weighted by Gasteiger charge is -2.14. The number of benzene rings is 3. The molecule has 0 spiro atoms. The second kappa shape index (κ2) is 11.7. The smallest absolute Gasteiger partial charge is 0.272 e. The fraction of sp³-hybridized carbons (Fsp3) is 0.130. The lowest BCUT2D eigenvalue weighted by molar-refractivity contribution is 0.0954. The van der Waals surface area contributed by atoms with E-state index in [1.807, 2.05) is 19.1 Å². The van der Waals surface area contributed by atoms with Crippen molar-refractivity contribution in [3.05, 3.63) is 90.3 Å². The second-order valence-electron chi connectivity index (χ2n) is 6.46. The molecule has 0 heterocycles. The Morgan fingerprint density at radius 2 is 1.78 bits per heavy atom. The molecule has 166 valence electrons. The van der Waals surface area contributed by atoms with Crippen LogP contribution in [0.25, 0.3) is 0 Å². The quantitative estimate of drug-likeness (QED) is 0.219. The number of hydrogen-bond acceptors (Lipinski definition) is 4.